The second-order valence-corrected chi connectivity index (χ2v) is 5.84. The Hall–Kier alpha value is -1.03. The Morgan fingerprint density at radius 1 is 1.10 bits per heavy atom. The van der Waals surface area contributed by atoms with Crippen molar-refractivity contribution in [3.63, 3.8) is 0 Å². The summed E-state index contributed by atoms with van der Waals surface area (Å²) < 4.78 is 38.0. The Bertz CT molecular complexity index is 436. The summed E-state index contributed by atoms with van der Waals surface area (Å²) in [5.41, 5.74) is 0.459. The van der Waals surface area contributed by atoms with Crippen molar-refractivity contribution < 1.29 is 13.2 Å². The molecule has 1 aromatic carbocycles. The van der Waals surface area contributed by atoms with Crippen molar-refractivity contribution in [3.05, 3.63) is 35.4 Å². The van der Waals surface area contributed by atoms with Crippen LogP contribution in [0.1, 0.15) is 63.1 Å². The molecule has 0 saturated carbocycles. The Morgan fingerprint density at radius 2 is 1.76 bits per heavy atom. The van der Waals surface area contributed by atoms with Crippen LogP contribution in [0.3, 0.4) is 0 Å². The summed E-state index contributed by atoms with van der Waals surface area (Å²) in [4.78, 5) is 2.47. The van der Waals surface area contributed by atoms with Crippen molar-refractivity contribution in [1.82, 2.24) is 4.90 Å². The summed E-state index contributed by atoms with van der Waals surface area (Å²) in [6, 6.07) is 6.58. The topological polar surface area (TPSA) is 3.24 Å². The van der Waals surface area contributed by atoms with Crippen LogP contribution in [0.2, 0.25) is 0 Å². The number of nitrogens with zero attached hydrogens (tertiary/aromatic N) is 1. The smallest absolute Gasteiger partial charge is 0.294 e. The molecule has 1 heterocycles. The lowest BCUT2D eigenvalue weighted by Gasteiger charge is -2.42. The van der Waals surface area contributed by atoms with E-state index in [1.807, 2.05) is 0 Å². The van der Waals surface area contributed by atoms with Crippen LogP contribution in [0.4, 0.5) is 13.2 Å². The second-order valence-electron chi connectivity index (χ2n) is 5.84. The molecule has 21 heavy (non-hydrogen) atoms. The van der Waals surface area contributed by atoms with E-state index in [-0.39, 0.29) is 6.04 Å². The van der Waals surface area contributed by atoms with Crippen LogP contribution in [0, 0.1) is 0 Å². The molecule has 2 rings (SSSR count). The first-order valence-corrected chi connectivity index (χ1v) is 7.90. The van der Waals surface area contributed by atoms with Gasteiger partial charge in [0, 0.05) is 12.1 Å². The molecule has 1 aromatic rings. The molecule has 0 unspecified atom stereocenters. The van der Waals surface area contributed by atoms with Gasteiger partial charge in [0.25, 0.3) is 0 Å². The van der Waals surface area contributed by atoms with Gasteiger partial charge in [-0.25, -0.2) is 0 Å². The normalized spacial score (nSPS) is 24.2. The number of benzene rings is 1. The zero-order valence-corrected chi connectivity index (χ0v) is 12.8. The van der Waals surface area contributed by atoms with Gasteiger partial charge in [-0.3, -0.25) is 4.90 Å². The van der Waals surface area contributed by atoms with Gasteiger partial charge in [-0.1, -0.05) is 32.4 Å². The van der Waals surface area contributed by atoms with E-state index >= 15 is 0 Å². The highest BCUT2D eigenvalue weighted by atomic mass is 19.4. The van der Waals surface area contributed by atoms with Gasteiger partial charge >= 0.3 is 6.18 Å². The standard InChI is InChI=1S/C17H24F3N/c1-3-6-15-7-5-8-16(21(15)4-2)13-9-11-14(12-10-13)17(18,19)20/h9-12,15-16H,3-8H2,1-2H3/t15-,16+/m1/s1. The first-order chi connectivity index (χ1) is 9.97. The van der Waals surface area contributed by atoms with Gasteiger partial charge in [-0.2, -0.15) is 13.2 Å². The number of piperidine rings is 1. The van der Waals surface area contributed by atoms with E-state index in [9.17, 15) is 13.2 Å². The van der Waals surface area contributed by atoms with Gasteiger partial charge < -0.3 is 0 Å². The van der Waals surface area contributed by atoms with Crippen LogP contribution in [0.25, 0.3) is 0 Å². The molecular weight excluding hydrogens is 275 g/mol. The molecule has 1 nitrogen and oxygen atoms in total. The predicted molar refractivity (Wildman–Crippen MR) is 79.1 cm³/mol. The van der Waals surface area contributed by atoms with Crippen LogP contribution in [-0.2, 0) is 6.18 Å². The van der Waals surface area contributed by atoms with Gasteiger partial charge in [0.2, 0.25) is 0 Å². The molecule has 1 fully saturated rings. The molecule has 0 amide bonds. The quantitative estimate of drug-likeness (QED) is 0.717. The van der Waals surface area contributed by atoms with Crippen LogP contribution in [-0.4, -0.2) is 17.5 Å². The minimum Gasteiger partial charge on any atom is -0.294 e. The SMILES string of the molecule is CCC[C@@H]1CCC[C@@H](c2ccc(C(F)(F)F)cc2)N1CC. The third kappa shape index (κ3) is 3.79. The van der Waals surface area contributed by atoms with Crippen molar-refractivity contribution in [2.24, 2.45) is 0 Å². The molecule has 1 aliphatic heterocycles. The number of halogens is 3. The maximum absolute atomic E-state index is 12.7. The Kier molecular flexibility index (Phi) is 5.31. The van der Waals surface area contributed by atoms with E-state index < -0.39 is 11.7 Å². The molecule has 2 atom stereocenters. The fourth-order valence-corrected chi connectivity index (χ4v) is 3.51. The van der Waals surface area contributed by atoms with E-state index in [1.165, 1.54) is 25.0 Å². The highest BCUT2D eigenvalue weighted by molar-refractivity contribution is 5.27. The second kappa shape index (κ2) is 6.82. The summed E-state index contributed by atoms with van der Waals surface area (Å²) >= 11 is 0. The lowest BCUT2D eigenvalue weighted by atomic mass is 9.88. The molecule has 0 radical (unpaired) electrons. The van der Waals surface area contributed by atoms with E-state index in [2.05, 4.69) is 18.7 Å². The summed E-state index contributed by atoms with van der Waals surface area (Å²) in [6.07, 6.45) is 1.48. The lowest BCUT2D eigenvalue weighted by Crippen LogP contribution is -2.41. The van der Waals surface area contributed by atoms with Crippen molar-refractivity contribution >= 4 is 0 Å². The van der Waals surface area contributed by atoms with Crippen molar-refractivity contribution in [2.75, 3.05) is 6.54 Å². The molecule has 0 bridgehead atoms. The maximum Gasteiger partial charge on any atom is 0.416 e. The van der Waals surface area contributed by atoms with E-state index in [0.29, 0.717) is 6.04 Å². The van der Waals surface area contributed by atoms with Gasteiger partial charge in [0.05, 0.1) is 5.56 Å². The molecule has 0 aromatic heterocycles. The summed E-state index contributed by atoms with van der Waals surface area (Å²) in [6.45, 7) is 5.29. The minimum absolute atomic E-state index is 0.266. The van der Waals surface area contributed by atoms with E-state index in [1.54, 1.807) is 12.1 Å². The van der Waals surface area contributed by atoms with Crippen molar-refractivity contribution in [2.45, 2.75) is 64.2 Å². The number of rotatable bonds is 4. The van der Waals surface area contributed by atoms with Gasteiger partial charge in [0.15, 0.2) is 0 Å². The number of likely N-dealkylation sites (tertiary alicyclic amines) is 1. The average Bonchev–Trinajstić information content (AvgIpc) is 2.46. The summed E-state index contributed by atoms with van der Waals surface area (Å²) in [5.74, 6) is 0. The van der Waals surface area contributed by atoms with Gasteiger partial charge in [0.1, 0.15) is 0 Å². The maximum atomic E-state index is 12.7. The molecule has 0 N–H and O–H groups in total. The van der Waals surface area contributed by atoms with E-state index in [4.69, 9.17) is 0 Å². The molecule has 1 aliphatic rings. The lowest BCUT2D eigenvalue weighted by molar-refractivity contribution is -0.137. The fraction of sp³-hybridized carbons (Fsp3) is 0.647. The minimum atomic E-state index is -4.25. The van der Waals surface area contributed by atoms with E-state index in [0.717, 1.165) is 31.4 Å². The zero-order chi connectivity index (χ0) is 15.5. The third-order valence-corrected chi connectivity index (χ3v) is 4.49. The number of alkyl halides is 3. The van der Waals surface area contributed by atoms with Gasteiger partial charge in [-0.15, -0.1) is 0 Å². The molecule has 4 heteroatoms. The third-order valence-electron chi connectivity index (χ3n) is 4.49. The van der Waals surface area contributed by atoms with Crippen LogP contribution in [0.5, 0.6) is 0 Å². The summed E-state index contributed by atoms with van der Waals surface area (Å²) in [5, 5.41) is 0. The monoisotopic (exact) mass is 299 g/mol. The van der Waals surface area contributed by atoms with Crippen LogP contribution >= 0.6 is 0 Å². The average molecular weight is 299 g/mol. The molecule has 0 spiro atoms. The van der Waals surface area contributed by atoms with Gasteiger partial charge in [-0.05, 0) is 49.9 Å². The zero-order valence-electron chi connectivity index (χ0n) is 12.8. The first-order valence-electron chi connectivity index (χ1n) is 7.90. The molecule has 118 valence electrons. The molecule has 0 aliphatic carbocycles. The highest BCUT2D eigenvalue weighted by Crippen LogP contribution is 2.37. The van der Waals surface area contributed by atoms with Crippen LogP contribution in [0.15, 0.2) is 24.3 Å². The fourth-order valence-electron chi connectivity index (χ4n) is 3.51. The highest BCUT2D eigenvalue weighted by Gasteiger charge is 2.32. The summed E-state index contributed by atoms with van der Waals surface area (Å²) in [7, 11) is 0. The Balaban J connectivity index is 2.19. The van der Waals surface area contributed by atoms with Crippen molar-refractivity contribution in [1.29, 1.82) is 0 Å². The molecular formula is C17H24F3N. The number of hydrogen-bond donors (Lipinski definition) is 0. The van der Waals surface area contributed by atoms with Crippen LogP contribution < -0.4 is 0 Å². The predicted octanol–water partition coefficient (Wildman–Crippen LogP) is 5.42. The molecule has 1 saturated heterocycles. The largest absolute Gasteiger partial charge is 0.416 e. The Morgan fingerprint density at radius 3 is 2.29 bits per heavy atom. The first kappa shape index (κ1) is 16.3. The van der Waals surface area contributed by atoms with Crippen molar-refractivity contribution in [3.8, 4) is 0 Å². The Labute approximate surface area is 125 Å². The number of hydrogen-bond acceptors (Lipinski definition) is 1.